The highest BCUT2D eigenvalue weighted by Gasteiger charge is 2.14. The van der Waals surface area contributed by atoms with E-state index in [1.54, 1.807) is 6.07 Å². The molecule has 0 aliphatic carbocycles. The number of hydrogen-bond donors (Lipinski definition) is 1. The molecule has 122 valence electrons. The summed E-state index contributed by atoms with van der Waals surface area (Å²) in [5.41, 5.74) is 2.46. The first kappa shape index (κ1) is 17.5. The maximum absolute atomic E-state index is 12.6. The maximum Gasteiger partial charge on any atom is 0.259 e. The zero-order chi connectivity index (χ0) is 16.8. The first-order valence-electron chi connectivity index (χ1n) is 7.76. The Labute approximate surface area is 146 Å². The monoisotopic (exact) mass is 375 g/mol. The van der Waals surface area contributed by atoms with Gasteiger partial charge in [-0.15, -0.1) is 0 Å². The van der Waals surface area contributed by atoms with Crippen molar-refractivity contribution in [2.24, 2.45) is 5.92 Å². The topological polar surface area (TPSA) is 38.3 Å². The van der Waals surface area contributed by atoms with Crippen molar-refractivity contribution < 1.29 is 9.53 Å². The number of carbonyl (C=O) groups is 1. The lowest BCUT2D eigenvalue weighted by Crippen LogP contribution is -2.14. The highest BCUT2D eigenvalue weighted by molar-refractivity contribution is 9.10. The average molecular weight is 376 g/mol. The van der Waals surface area contributed by atoms with Crippen molar-refractivity contribution in [2.75, 3.05) is 11.9 Å². The molecule has 0 aliphatic heterocycles. The zero-order valence-electron chi connectivity index (χ0n) is 13.7. The van der Waals surface area contributed by atoms with Crippen LogP contribution in [0.5, 0.6) is 5.75 Å². The van der Waals surface area contributed by atoms with Crippen LogP contribution in [0.1, 0.15) is 36.2 Å². The van der Waals surface area contributed by atoms with Gasteiger partial charge in [0.25, 0.3) is 5.91 Å². The molecule has 2 aromatic rings. The van der Waals surface area contributed by atoms with E-state index in [0.29, 0.717) is 23.8 Å². The molecule has 2 rings (SSSR count). The van der Waals surface area contributed by atoms with E-state index in [0.717, 1.165) is 22.1 Å². The number of benzene rings is 2. The third-order valence-electron chi connectivity index (χ3n) is 3.45. The number of carbonyl (C=O) groups excluding carboxylic acids is 1. The standard InChI is InChI=1S/C19H22BrNO2/c1-13(2)10-11-23-18-9-6-15(20)12-17(18)19(22)21-16-7-4-14(3)5-8-16/h4-9,12-13H,10-11H2,1-3H3,(H,21,22). The molecule has 0 radical (unpaired) electrons. The quantitative estimate of drug-likeness (QED) is 0.730. The van der Waals surface area contributed by atoms with Crippen molar-refractivity contribution in [1.82, 2.24) is 0 Å². The normalized spacial score (nSPS) is 10.7. The Kier molecular flexibility index (Phi) is 6.22. The molecular formula is C19H22BrNO2. The number of hydrogen-bond acceptors (Lipinski definition) is 2. The smallest absolute Gasteiger partial charge is 0.259 e. The van der Waals surface area contributed by atoms with Crippen molar-refractivity contribution in [2.45, 2.75) is 27.2 Å². The number of nitrogens with one attached hydrogen (secondary N) is 1. The molecule has 0 saturated heterocycles. The summed E-state index contributed by atoms with van der Waals surface area (Å²) in [7, 11) is 0. The lowest BCUT2D eigenvalue weighted by atomic mass is 10.1. The van der Waals surface area contributed by atoms with Gasteiger partial charge in [0.05, 0.1) is 12.2 Å². The average Bonchev–Trinajstić information content (AvgIpc) is 2.50. The summed E-state index contributed by atoms with van der Waals surface area (Å²) in [6.45, 7) is 6.91. The van der Waals surface area contributed by atoms with Crippen molar-refractivity contribution in [1.29, 1.82) is 0 Å². The van der Waals surface area contributed by atoms with Crippen LogP contribution in [0.25, 0.3) is 0 Å². The lowest BCUT2D eigenvalue weighted by molar-refractivity contribution is 0.102. The van der Waals surface area contributed by atoms with Crippen LogP contribution < -0.4 is 10.1 Å². The van der Waals surface area contributed by atoms with Crippen LogP contribution in [0, 0.1) is 12.8 Å². The van der Waals surface area contributed by atoms with Crippen LogP contribution in [0.3, 0.4) is 0 Å². The summed E-state index contributed by atoms with van der Waals surface area (Å²) in [5.74, 6) is 1.00. The van der Waals surface area contributed by atoms with E-state index in [2.05, 4.69) is 35.1 Å². The van der Waals surface area contributed by atoms with Crippen LogP contribution in [0.2, 0.25) is 0 Å². The number of rotatable bonds is 6. The second-order valence-corrected chi connectivity index (χ2v) is 6.91. The van der Waals surface area contributed by atoms with Gasteiger partial charge in [0.2, 0.25) is 0 Å². The van der Waals surface area contributed by atoms with E-state index < -0.39 is 0 Å². The summed E-state index contributed by atoms with van der Waals surface area (Å²) in [6.07, 6.45) is 0.953. The summed E-state index contributed by atoms with van der Waals surface area (Å²) < 4.78 is 6.65. The second kappa shape index (κ2) is 8.16. The van der Waals surface area contributed by atoms with Gasteiger partial charge in [0.1, 0.15) is 5.75 Å². The van der Waals surface area contributed by atoms with Crippen LogP contribution in [0.15, 0.2) is 46.9 Å². The fourth-order valence-electron chi connectivity index (χ4n) is 2.05. The molecule has 0 unspecified atom stereocenters. The molecule has 0 fully saturated rings. The molecular weight excluding hydrogens is 354 g/mol. The summed E-state index contributed by atoms with van der Waals surface area (Å²) in [4.78, 5) is 12.6. The largest absolute Gasteiger partial charge is 0.493 e. The van der Waals surface area contributed by atoms with Crippen LogP contribution in [-0.4, -0.2) is 12.5 Å². The van der Waals surface area contributed by atoms with Gasteiger partial charge in [-0.05, 0) is 49.6 Å². The Morgan fingerprint density at radius 1 is 1.17 bits per heavy atom. The predicted molar refractivity (Wildman–Crippen MR) is 98.2 cm³/mol. The molecule has 1 amide bonds. The van der Waals surface area contributed by atoms with Gasteiger partial charge in [-0.3, -0.25) is 4.79 Å². The Balaban J connectivity index is 2.14. The number of halogens is 1. The van der Waals surface area contributed by atoms with Gasteiger partial charge in [0.15, 0.2) is 0 Å². The minimum atomic E-state index is -0.172. The molecule has 1 N–H and O–H groups in total. The molecule has 0 spiro atoms. The van der Waals surface area contributed by atoms with Gasteiger partial charge in [0, 0.05) is 10.2 Å². The van der Waals surface area contributed by atoms with Crippen LogP contribution >= 0.6 is 15.9 Å². The Morgan fingerprint density at radius 3 is 2.52 bits per heavy atom. The molecule has 0 atom stereocenters. The van der Waals surface area contributed by atoms with Gasteiger partial charge in [-0.25, -0.2) is 0 Å². The molecule has 0 heterocycles. The molecule has 0 bridgehead atoms. The van der Waals surface area contributed by atoms with Crippen molar-refractivity contribution in [3.63, 3.8) is 0 Å². The number of amides is 1. The Bertz CT molecular complexity index is 666. The van der Waals surface area contributed by atoms with E-state index in [1.165, 1.54) is 0 Å². The van der Waals surface area contributed by atoms with Gasteiger partial charge in [-0.1, -0.05) is 47.5 Å². The minimum absolute atomic E-state index is 0.172. The Hall–Kier alpha value is -1.81. The maximum atomic E-state index is 12.6. The molecule has 0 aromatic heterocycles. The highest BCUT2D eigenvalue weighted by atomic mass is 79.9. The zero-order valence-corrected chi connectivity index (χ0v) is 15.3. The van der Waals surface area contributed by atoms with Crippen LogP contribution in [0.4, 0.5) is 5.69 Å². The lowest BCUT2D eigenvalue weighted by Gasteiger charge is -2.13. The summed E-state index contributed by atoms with van der Waals surface area (Å²) in [5, 5.41) is 2.91. The van der Waals surface area contributed by atoms with Gasteiger partial charge in [-0.2, -0.15) is 0 Å². The van der Waals surface area contributed by atoms with Crippen LogP contribution in [-0.2, 0) is 0 Å². The molecule has 4 heteroatoms. The third-order valence-corrected chi connectivity index (χ3v) is 3.94. The van der Waals surface area contributed by atoms with Crippen molar-refractivity contribution >= 4 is 27.5 Å². The van der Waals surface area contributed by atoms with Gasteiger partial charge >= 0.3 is 0 Å². The van der Waals surface area contributed by atoms with Crippen molar-refractivity contribution in [3.05, 3.63) is 58.1 Å². The molecule has 0 saturated carbocycles. The first-order valence-corrected chi connectivity index (χ1v) is 8.55. The SMILES string of the molecule is Cc1ccc(NC(=O)c2cc(Br)ccc2OCCC(C)C)cc1. The number of anilines is 1. The summed E-state index contributed by atoms with van der Waals surface area (Å²) >= 11 is 3.42. The minimum Gasteiger partial charge on any atom is -0.493 e. The van der Waals surface area contributed by atoms with E-state index in [9.17, 15) is 4.79 Å². The van der Waals surface area contributed by atoms with E-state index >= 15 is 0 Å². The third kappa shape index (κ3) is 5.39. The fraction of sp³-hybridized carbons (Fsp3) is 0.316. The molecule has 23 heavy (non-hydrogen) atoms. The van der Waals surface area contributed by atoms with Crippen molar-refractivity contribution in [3.8, 4) is 5.75 Å². The molecule has 3 nitrogen and oxygen atoms in total. The van der Waals surface area contributed by atoms with Gasteiger partial charge < -0.3 is 10.1 Å². The summed E-state index contributed by atoms with van der Waals surface area (Å²) in [6, 6.07) is 13.2. The number of ether oxygens (including phenoxy) is 1. The van der Waals surface area contributed by atoms with E-state index in [1.807, 2.05) is 43.3 Å². The number of aryl methyl sites for hydroxylation is 1. The predicted octanol–water partition coefficient (Wildman–Crippen LogP) is 5.43. The Morgan fingerprint density at radius 2 is 1.87 bits per heavy atom. The first-order chi connectivity index (χ1) is 11.0. The van der Waals surface area contributed by atoms with E-state index in [-0.39, 0.29) is 5.91 Å². The van der Waals surface area contributed by atoms with E-state index in [4.69, 9.17) is 4.74 Å². The molecule has 0 aliphatic rings. The molecule has 2 aromatic carbocycles. The second-order valence-electron chi connectivity index (χ2n) is 5.99. The highest BCUT2D eigenvalue weighted by Crippen LogP contribution is 2.25. The fourth-order valence-corrected chi connectivity index (χ4v) is 2.41.